The Morgan fingerprint density at radius 1 is 1.39 bits per heavy atom. The second-order valence-corrected chi connectivity index (χ2v) is 7.41. The van der Waals surface area contributed by atoms with E-state index in [4.69, 9.17) is 0 Å². The number of nitrogens with zero attached hydrogens (tertiary/aromatic N) is 1. The molecule has 1 aliphatic heterocycles. The summed E-state index contributed by atoms with van der Waals surface area (Å²) in [6.45, 7) is 3.29. The number of hydrogen-bond acceptors (Lipinski definition) is 4. The predicted octanol–water partition coefficient (Wildman–Crippen LogP) is 3.14. The second-order valence-electron chi connectivity index (χ2n) is 5.24. The van der Waals surface area contributed by atoms with Crippen LogP contribution in [0.4, 0.5) is 0 Å². The van der Waals surface area contributed by atoms with Crippen molar-refractivity contribution in [1.82, 2.24) is 10.2 Å². The third kappa shape index (κ3) is 3.73. The first kappa shape index (κ1) is 14.4. The Kier molecular flexibility index (Phi) is 5.55. The maximum absolute atomic E-state index is 3.77. The molecule has 18 heavy (non-hydrogen) atoms. The Bertz CT molecular complexity index is 356. The minimum Gasteiger partial charge on any atom is -0.312 e. The van der Waals surface area contributed by atoms with Crippen LogP contribution in [0, 0.1) is 6.92 Å². The van der Waals surface area contributed by atoms with Gasteiger partial charge in [0.05, 0.1) is 6.04 Å². The Labute approximate surface area is 119 Å². The zero-order valence-electron chi connectivity index (χ0n) is 11.6. The summed E-state index contributed by atoms with van der Waals surface area (Å²) in [5, 5.41) is 5.98. The van der Waals surface area contributed by atoms with E-state index in [9.17, 15) is 0 Å². The first-order valence-corrected chi connectivity index (χ1v) is 8.73. The molecule has 0 aliphatic carbocycles. The summed E-state index contributed by atoms with van der Waals surface area (Å²) in [6.07, 6.45) is 2.66. The van der Waals surface area contributed by atoms with E-state index in [0.717, 1.165) is 12.6 Å². The normalized spacial score (nSPS) is 19.3. The maximum atomic E-state index is 3.77. The zero-order valence-corrected chi connectivity index (χ0v) is 13.2. The standard InChI is InChI=1S/C14H24N2S2/c1-11-4-9-18-14(11)13(16(2)3)10-15-12-5-7-17-8-6-12/h4,9,12-13,15H,5-8,10H2,1-3H3. The Morgan fingerprint density at radius 3 is 2.67 bits per heavy atom. The predicted molar refractivity (Wildman–Crippen MR) is 83.8 cm³/mol. The summed E-state index contributed by atoms with van der Waals surface area (Å²) in [6, 6.07) is 3.47. The van der Waals surface area contributed by atoms with Gasteiger partial charge in [0, 0.05) is 17.5 Å². The van der Waals surface area contributed by atoms with Crippen molar-refractivity contribution < 1.29 is 0 Å². The molecule has 0 aromatic carbocycles. The van der Waals surface area contributed by atoms with Gasteiger partial charge in [-0.2, -0.15) is 11.8 Å². The number of rotatable bonds is 5. The molecule has 1 aliphatic rings. The van der Waals surface area contributed by atoms with Gasteiger partial charge in [0.15, 0.2) is 0 Å². The quantitative estimate of drug-likeness (QED) is 0.894. The molecule has 0 bridgehead atoms. The highest BCUT2D eigenvalue weighted by Gasteiger charge is 2.20. The van der Waals surface area contributed by atoms with Gasteiger partial charge in [0.1, 0.15) is 0 Å². The van der Waals surface area contributed by atoms with Gasteiger partial charge in [-0.05, 0) is 62.4 Å². The molecule has 1 aromatic heterocycles. The molecule has 4 heteroatoms. The lowest BCUT2D eigenvalue weighted by molar-refractivity contribution is 0.279. The fourth-order valence-corrected chi connectivity index (χ4v) is 4.65. The molecule has 1 atom stereocenters. The molecule has 102 valence electrons. The van der Waals surface area contributed by atoms with Crippen molar-refractivity contribution in [2.45, 2.75) is 31.8 Å². The van der Waals surface area contributed by atoms with Crippen molar-refractivity contribution in [3.63, 3.8) is 0 Å². The summed E-state index contributed by atoms with van der Waals surface area (Å²) in [5.41, 5.74) is 1.43. The fraction of sp³-hybridized carbons (Fsp3) is 0.714. The lowest BCUT2D eigenvalue weighted by Crippen LogP contribution is -2.38. The van der Waals surface area contributed by atoms with Crippen LogP contribution in [0.15, 0.2) is 11.4 Å². The molecule has 1 saturated heterocycles. The Hall–Kier alpha value is -0.0300. The van der Waals surface area contributed by atoms with Crippen LogP contribution >= 0.6 is 23.1 Å². The number of aryl methyl sites for hydroxylation is 1. The van der Waals surface area contributed by atoms with Crippen LogP contribution in [-0.2, 0) is 0 Å². The monoisotopic (exact) mass is 284 g/mol. The van der Waals surface area contributed by atoms with E-state index in [2.05, 4.69) is 54.4 Å². The van der Waals surface area contributed by atoms with E-state index >= 15 is 0 Å². The van der Waals surface area contributed by atoms with Gasteiger partial charge in [-0.1, -0.05) is 0 Å². The topological polar surface area (TPSA) is 15.3 Å². The van der Waals surface area contributed by atoms with Gasteiger partial charge in [-0.25, -0.2) is 0 Å². The number of likely N-dealkylation sites (N-methyl/N-ethyl adjacent to an activating group) is 1. The number of thiophene rings is 1. The molecule has 0 radical (unpaired) electrons. The molecule has 0 amide bonds. The first-order chi connectivity index (χ1) is 8.68. The number of thioether (sulfide) groups is 1. The van der Waals surface area contributed by atoms with Crippen LogP contribution < -0.4 is 5.32 Å². The molecular weight excluding hydrogens is 260 g/mol. The van der Waals surface area contributed by atoms with Crippen molar-refractivity contribution in [2.75, 3.05) is 32.1 Å². The van der Waals surface area contributed by atoms with Crippen LogP contribution in [0.5, 0.6) is 0 Å². The summed E-state index contributed by atoms with van der Waals surface area (Å²) >= 11 is 3.98. The smallest absolute Gasteiger partial charge is 0.0564 e. The molecule has 2 rings (SSSR count). The molecule has 0 spiro atoms. The first-order valence-electron chi connectivity index (χ1n) is 6.70. The average Bonchev–Trinajstić information content (AvgIpc) is 2.77. The van der Waals surface area contributed by atoms with Crippen LogP contribution in [0.1, 0.15) is 29.3 Å². The van der Waals surface area contributed by atoms with Crippen molar-refractivity contribution in [3.8, 4) is 0 Å². The van der Waals surface area contributed by atoms with Crippen LogP contribution in [-0.4, -0.2) is 43.1 Å². The van der Waals surface area contributed by atoms with E-state index in [-0.39, 0.29) is 0 Å². The van der Waals surface area contributed by atoms with Crippen LogP contribution in [0.3, 0.4) is 0 Å². The fourth-order valence-electron chi connectivity index (χ4n) is 2.42. The van der Waals surface area contributed by atoms with Crippen molar-refractivity contribution >= 4 is 23.1 Å². The van der Waals surface area contributed by atoms with Crippen LogP contribution in [0.2, 0.25) is 0 Å². The average molecular weight is 284 g/mol. The molecule has 2 heterocycles. The maximum Gasteiger partial charge on any atom is 0.0564 e. The van der Waals surface area contributed by atoms with Gasteiger partial charge >= 0.3 is 0 Å². The highest BCUT2D eigenvalue weighted by molar-refractivity contribution is 7.99. The lowest BCUT2D eigenvalue weighted by Gasteiger charge is -2.29. The lowest BCUT2D eigenvalue weighted by atomic mass is 10.1. The summed E-state index contributed by atoms with van der Waals surface area (Å²) in [4.78, 5) is 3.85. The minimum atomic E-state index is 0.513. The van der Waals surface area contributed by atoms with Crippen molar-refractivity contribution in [2.24, 2.45) is 0 Å². The van der Waals surface area contributed by atoms with E-state index in [1.807, 2.05) is 11.3 Å². The Morgan fingerprint density at radius 2 is 2.11 bits per heavy atom. The van der Waals surface area contributed by atoms with Crippen molar-refractivity contribution in [3.05, 3.63) is 21.9 Å². The molecule has 1 unspecified atom stereocenters. The van der Waals surface area contributed by atoms with E-state index < -0.39 is 0 Å². The van der Waals surface area contributed by atoms with E-state index in [0.29, 0.717) is 6.04 Å². The van der Waals surface area contributed by atoms with Gasteiger partial charge < -0.3 is 10.2 Å². The molecule has 1 aromatic rings. The highest BCUT2D eigenvalue weighted by atomic mass is 32.2. The molecule has 0 saturated carbocycles. The summed E-state index contributed by atoms with van der Waals surface area (Å²) in [5.74, 6) is 2.64. The number of nitrogens with one attached hydrogen (secondary N) is 1. The molecular formula is C14H24N2S2. The number of hydrogen-bond donors (Lipinski definition) is 1. The largest absolute Gasteiger partial charge is 0.312 e. The SMILES string of the molecule is Cc1ccsc1C(CNC1CCSCC1)N(C)C. The highest BCUT2D eigenvalue weighted by Crippen LogP contribution is 2.27. The molecule has 1 N–H and O–H groups in total. The van der Waals surface area contributed by atoms with Crippen molar-refractivity contribution in [1.29, 1.82) is 0 Å². The third-order valence-electron chi connectivity index (χ3n) is 3.65. The van der Waals surface area contributed by atoms with Gasteiger partial charge in [-0.15, -0.1) is 11.3 Å². The van der Waals surface area contributed by atoms with Gasteiger partial charge in [0.2, 0.25) is 0 Å². The Balaban J connectivity index is 1.92. The van der Waals surface area contributed by atoms with E-state index in [1.165, 1.54) is 34.8 Å². The third-order valence-corrected chi connectivity index (χ3v) is 5.82. The molecule has 1 fully saturated rings. The summed E-state index contributed by atoms with van der Waals surface area (Å²) in [7, 11) is 4.37. The second kappa shape index (κ2) is 6.94. The van der Waals surface area contributed by atoms with Crippen LogP contribution in [0.25, 0.3) is 0 Å². The zero-order chi connectivity index (χ0) is 13.0. The van der Waals surface area contributed by atoms with Gasteiger partial charge in [0.25, 0.3) is 0 Å². The summed E-state index contributed by atoms with van der Waals surface area (Å²) < 4.78 is 0. The minimum absolute atomic E-state index is 0.513. The van der Waals surface area contributed by atoms with Gasteiger partial charge in [-0.3, -0.25) is 0 Å². The molecule has 2 nitrogen and oxygen atoms in total. The van der Waals surface area contributed by atoms with E-state index in [1.54, 1.807) is 0 Å².